The van der Waals surface area contributed by atoms with Crippen molar-refractivity contribution in [2.45, 2.75) is 24.9 Å². The maximum Gasteiger partial charge on any atom is 0.203 e. The summed E-state index contributed by atoms with van der Waals surface area (Å²) in [4.78, 5) is 4.37. The first kappa shape index (κ1) is 12.2. The summed E-state index contributed by atoms with van der Waals surface area (Å²) in [6.45, 7) is 1.54. The smallest absolute Gasteiger partial charge is 0.203 e. The van der Waals surface area contributed by atoms with Gasteiger partial charge in [-0.3, -0.25) is 0 Å². The van der Waals surface area contributed by atoms with Crippen LogP contribution in [0.15, 0.2) is 42.7 Å². The molecule has 1 N–H and O–H groups in total. The van der Waals surface area contributed by atoms with E-state index in [0.717, 1.165) is 12.5 Å². The van der Waals surface area contributed by atoms with Crippen LogP contribution in [0.4, 0.5) is 5.95 Å². The normalized spacial score (nSPS) is 21.3. The van der Waals surface area contributed by atoms with Gasteiger partial charge in [0.05, 0.1) is 6.61 Å². The van der Waals surface area contributed by atoms with Crippen LogP contribution in [0.25, 0.3) is 0 Å². The van der Waals surface area contributed by atoms with Gasteiger partial charge in [-0.2, -0.15) is 0 Å². The predicted octanol–water partition coefficient (Wildman–Crippen LogP) is 2.50. The standard InChI is InChI=1S/C15H19N3O/c1-19-10-9-18-8-7-16-15(18)17-14-11-13(14)12-5-3-2-4-6-12/h2-8,13-14H,9-11H2,1H3,(H,16,17). The van der Waals surface area contributed by atoms with E-state index in [2.05, 4.69) is 45.2 Å². The lowest BCUT2D eigenvalue weighted by Crippen LogP contribution is -2.12. The Balaban J connectivity index is 1.60. The van der Waals surface area contributed by atoms with E-state index in [4.69, 9.17) is 4.74 Å². The van der Waals surface area contributed by atoms with Crippen molar-refractivity contribution in [3.8, 4) is 0 Å². The van der Waals surface area contributed by atoms with Gasteiger partial charge in [-0.05, 0) is 12.0 Å². The minimum Gasteiger partial charge on any atom is -0.383 e. The molecular weight excluding hydrogens is 238 g/mol. The highest BCUT2D eigenvalue weighted by molar-refractivity contribution is 5.37. The first-order chi connectivity index (χ1) is 9.38. The molecule has 4 heteroatoms. The highest BCUT2D eigenvalue weighted by Gasteiger charge is 2.38. The van der Waals surface area contributed by atoms with Gasteiger partial charge in [0.15, 0.2) is 0 Å². The fourth-order valence-corrected chi connectivity index (χ4v) is 2.41. The maximum atomic E-state index is 5.10. The molecule has 19 heavy (non-hydrogen) atoms. The molecule has 1 aromatic carbocycles. The van der Waals surface area contributed by atoms with Crippen LogP contribution in [0.5, 0.6) is 0 Å². The van der Waals surface area contributed by atoms with Gasteiger partial charge >= 0.3 is 0 Å². The monoisotopic (exact) mass is 257 g/mol. The third-order valence-corrected chi connectivity index (χ3v) is 3.58. The zero-order valence-corrected chi connectivity index (χ0v) is 11.1. The van der Waals surface area contributed by atoms with Crippen molar-refractivity contribution < 1.29 is 4.74 Å². The van der Waals surface area contributed by atoms with E-state index in [1.165, 1.54) is 12.0 Å². The molecule has 1 saturated carbocycles. The quantitative estimate of drug-likeness (QED) is 0.864. The highest BCUT2D eigenvalue weighted by atomic mass is 16.5. The molecule has 2 unspecified atom stereocenters. The lowest BCUT2D eigenvalue weighted by Gasteiger charge is -2.09. The molecule has 2 aromatic rings. The van der Waals surface area contributed by atoms with E-state index in [9.17, 15) is 0 Å². The van der Waals surface area contributed by atoms with Crippen molar-refractivity contribution in [1.82, 2.24) is 9.55 Å². The largest absolute Gasteiger partial charge is 0.383 e. The third-order valence-electron chi connectivity index (χ3n) is 3.58. The van der Waals surface area contributed by atoms with E-state index < -0.39 is 0 Å². The Bertz CT molecular complexity index is 523. The molecule has 0 amide bonds. The van der Waals surface area contributed by atoms with Gasteiger partial charge in [-0.15, -0.1) is 0 Å². The second-order valence-electron chi connectivity index (χ2n) is 4.94. The molecule has 4 nitrogen and oxygen atoms in total. The zero-order valence-electron chi connectivity index (χ0n) is 11.1. The van der Waals surface area contributed by atoms with Crippen LogP contribution in [-0.2, 0) is 11.3 Å². The molecule has 1 heterocycles. The van der Waals surface area contributed by atoms with Crippen molar-refractivity contribution >= 4 is 5.95 Å². The number of methoxy groups -OCH3 is 1. The Morgan fingerprint density at radius 3 is 3.00 bits per heavy atom. The molecule has 1 aromatic heterocycles. The maximum absolute atomic E-state index is 5.10. The molecule has 0 radical (unpaired) electrons. The van der Waals surface area contributed by atoms with Gasteiger partial charge in [-0.25, -0.2) is 4.98 Å². The fourth-order valence-electron chi connectivity index (χ4n) is 2.41. The van der Waals surface area contributed by atoms with Crippen molar-refractivity contribution in [2.24, 2.45) is 0 Å². The number of hydrogen-bond acceptors (Lipinski definition) is 3. The molecule has 1 aliphatic carbocycles. The Hall–Kier alpha value is -1.81. The Labute approximate surface area is 113 Å². The molecule has 0 saturated heterocycles. The first-order valence-electron chi connectivity index (χ1n) is 6.70. The van der Waals surface area contributed by atoms with Crippen LogP contribution < -0.4 is 5.32 Å². The third kappa shape index (κ3) is 2.79. The van der Waals surface area contributed by atoms with Gasteiger partial charge in [0.1, 0.15) is 0 Å². The molecule has 3 rings (SSSR count). The summed E-state index contributed by atoms with van der Waals surface area (Å²) in [6, 6.07) is 11.2. The Morgan fingerprint density at radius 1 is 1.37 bits per heavy atom. The molecule has 0 bridgehead atoms. The number of hydrogen-bond donors (Lipinski definition) is 1. The second-order valence-corrected chi connectivity index (χ2v) is 4.94. The van der Waals surface area contributed by atoms with E-state index in [1.807, 2.05) is 12.4 Å². The molecule has 100 valence electrons. The molecule has 1 fully saturated rings. The van der Waals surface area contributed by atoms with Gasteiger partial charge in [0, 0.05) is 38.0 Å². The SMILES string of the molecule is COCCn1ccnc1NC1CC1c1ccccc1. The number of benzene rings is 1. The lowest BCUT2D eigenvalue weighted by molar-refractivity contribution is 0.187. The molecule has 1 aliphatic rings. The van der Waals surface area contributed by atoms with E-state index in [0.29, 0.717) is 18.6 Å². The molecular formula is C15H19N3O. The van der Waals surface area contributed by atoms with Gasteiger partial charge < -0.3 is 14.6 Å². The van der Waals surface area contributed by atoms with Crippen LogP contribution in [-0.4, -0.2) is 29.3 Å². The summed E-state index contributed by atoms with van der Waals surface area (Å²) in [5, 5.41) is 3.52. The minimum absolute atomic E-state index is 0.506. The molecule has 0 spiro atoms. The Morgan fingerprint density at radius 2 is 2.21 bits per heavy atom. The topological polar surface area (TPSA) is 39.1 Å². The summed E-state index contributed by atoms with van der Waals surface area (Å²) in [7, 11) is 1.72. The summed E-state index contributed by atoms with van der Waals surface area (Å²) in [6.07, 6.45) is 5.00. The second kappa shape index (κ2) is 5.45. The van der Waals surface area contributed by atoms with E-state index in [-0.39, 0.29) is 0 Å². The summed E-state index contributed by atoms with van der Waals surface area (Å²) in [5.74, 6) is 1.56. The van der Waals surface area contributed by atoms with Crippen LogP contribution in [0.1, 0.15) is 17.9 Å². The average molecular weight is 257 g/mol. The van der Waals surface area contributed by atoms with Crippen molar-refractivity contribution in [2.75, 3.05) is 19.0 Å². The number of ether oxygens (including phenoxy) is 1. The number of aromatic nitrogens is 2. The van der Waals surface area contributed by atoms with Gasteiger partial charge in [-0.1, -0.05) is 30.3 Å². The van der Waals surface area contributed by atoms with E-state index in [1.54, 1.807) is 7.11 Å². The van der Waals surface area contributed by atoms with Crippen LogP contribution in [0.3, 0.4) is 0 Å². The van der Waals surface area contributed by atoms with E-state index >= 15 is 0 Å². The minimum atomic E-state index is 0.506. The fraction of sp³-hybridized carbons (Fsp3) is 0.400. The van der Waals surface area contributed by atoms with Crippen molar-refractivity contribution in [3.63, 3.8) is 0 Å². The summed E-state index contributed by atoms with van der Waals surface area (Å²) < 4.78 is 7.21. The van der Waals surface area contributed by atoms with Crippen LogP contribution in [0.2, 0.25) is 0 Å². The lowest BCUT2D eigenvalue weighted by atomic mass is 10.1. The zero-order chi connectivity index (χ0) is 13.1. The number of nitrogens with one attached hydrogen (secondary N) is 1. The molecule has 2 atom stereocenters. The number of nitrogens with zero attached hydrogens (tertiary/aromatic N) is 2. The Kier molecular flexibility index (Phi) is 3.51. The van der Waals surface area contributed by atoms with Crippen molar-refractivity contribution in [3.05, 3.63) is 48.3 Å². The average Bonchev–Trinajstić information content (AvgIpc) is 3.08. The molecule has 0 aliphatic heterocycles. The van der Waals surface area contributed by atoms with Crippen LogP contribution in [0, 0.1) is 0 Å². The summed E-state index contributed by atoms with van der Waals surface area (Å²) >= 11 is 0. The van der Waals surface area contributed by atoms with Gasteiger partial charge in [0.2, 0.25) is 5.95 Å². The number of rotatable bonds is 6. The number of imidazole rings is 1. The van der Waals surface area contributed by atoms with Crippen molar-refractivity contribution in [1.29, 1.82) is 0 Å². The summed E-state index contributed by atoms with van der Waals surface area (Å²) in [5.41, 5.74) is 1.41. The predicted molar refractivity (Wildman–Crippen MR) is 75.3 cm³/mol. The first-order valence-corrected chi connectivity index (χ1v) is 6.70. The van der Waals surface area contributed by atoms with Gasteiger partial charge in [0.25, 0.3) is 0 Å². The van der Waals surface area contributed by atoms with Crippen LogP contribution >= 0.6 is 0 Å². The number of anilines is 1. The highest BCUT2D eigenvalue weighted by Crippen LogP contribution is 2.42.